The van der Waals surface area contributed by atoms with Gasteiger partial charge < -0.3 is 0 Å². The van der Waals surface area contributed by atoms with Crippen LogP contribution in [-0.2, 0) is 0 Å². The van der Waals surface area contributed by atoms with Crippen molar-refractivity contribution < 1.29 is 0 Å². The van der Waals surface area contributed by atoms with Crippen molar-refractivity contribution in [2.45, 2.75) is 98.8 Å². The summed E-state index contributed by atoms with van der Waals surface area (Å²) in [7, 11) is 0. The van der Waals surface area contributed by atoms with Crippen LogP contribution in [0.5, 0.6) is 0 Å². The van der Waals surface area contributed by atoms with E-state index in [0.29, 0.717) is 10.8 Å². The zero-order valence-electron chi connectivity index (χ0n) is 21.1. The van der Waals surface area contributed by atoms with Gasteiger partial charge in [-0.15, -0.1) is 26.3 Å². The van der Waals surface area contributed by atoms with Crippen LogP contribution in [0.25, 0.3) is 0 Å². The highest BCUT2D eigenvalue weighted by atomic mass is 14.6. The van der Waals surface area contributed by atoms with E-state index in [1.807, 2.05) is 6.92 Å². The number of fused-ring (bicyclic) bond motifs is 5. The molecule has 7 atom stereocenters. The Labute approximate surface area is 190 Å². The molecule has 4 fully saturated rings. The van der Waals surface area contributed by atoms with Crippen LogP contribution in [0.3, 0.4) is 0 Å². The largest absolute Gasteiger partial charge is 0.106 e. The molecule has 7 unspecified atom stereocenters. The normalized spacial score (nSPS) is 41.0. The molecular weight excluding hydrogens is 360 g/mol. The van der Waals surface area contributed by atoms with E-state index < -0.39 is 0 Å². The van der Waals surface area contributed by atoms with E-state index in [1.54, 1.807) is 11.6 Å². The Balaban J connectivity index is 0.000000496. The van der Waals surface area contributed by atoms with Crippen LogP contribution in [0.2, 0.25) is 0 Å². The number of hydrogen-bond acceptors (Lipinski definition) is 0. The Morgan fingerprint density at radius 3 is 2.10 bits per heavy atom. The maximum absolute atomic E-state index is 4.67. The van der Waals surface area contributed by atoms with Crippen LogP contribution < -0.4 is 0 Å². The molecule has 4 aliphatic carbocycles. The predicted octanol–water partition coefficient (Wildman–Crippen LogP) is 9.80. The minimum atomic E-state index is 0.470. The Bertz CT molecular complexity index is 556. The molecule has 4 saturated carbocycles. The lowest BCUT2D eigenvalue weighted by molar-refractivity contribution is -0.0776. The Kier molecular flexibility index (Phi) is 10.9. The lowest BCUT2D eigenvalue weighted by atomic mass is 9.44. The third kappa shape index (κ3) is 5.05. The molecule has 0 spiro atoms. The molecule has 0 amide bonds. The second-order valence-corrected chi connectivity index (χ2v) is 10.6. The summed E-state index contributed by atoms with van der Waals surface area (Å²) in [5.74, 6) is 4.40. The second-order valence-electron chi connectivity index (χ2n) is 10.6. The van der Waals surface area contributed by atoms with Crippen LogP contribution in [-0.4, -0.2) is 0 Å². The summed E-state index contributed by atoms with van der Waals surface area (Å²) in [5.41, 5.74) is 2.66. The molecule has 0 aromatic heterocycles. The highest BCUT2D eigenvalue weighted by Gasteiger charge is 2.60. The average molecular weight is 413 g/mol. The first kappa shape index (κ1) is 27.0. The summed E-state index contributed by atoms with van der Waals surface area (Å²) < 4.78 is 0. The van der Waals surface area contributed by atoms with Crippen molar-refractivity contribution in [1.82, 2.24) is 0 Å². The summed E-state index contributed by atoms with van der Waals surface area (Å²) in [6.45, 7) is 29.5. The molecule has 4 aliphatic rings. The zero-order valence-corrected chi connectivity index (χ0v) is 21.1. The number of hydrogen-bond donors (Lipinski definition) is 0. The number of rotatable bonds is 1. The van der Waals surface area contributed by atoms with Crippen LogP contribution >= 0.6 is 0 Å². The standard InChI is InChI=1S/C22H34.C3H8.C3H6.C2H4/c1-5-16-10-12-19-18-11-9-17-8-6-7-13-21(17,3)20(18)15(2)14-22(16,19)4;2*1-3-2;1-2/h5,16-20H,1-2,6-14H2,3-4H3;3H2,1-2H3;3H,1H2,2H3;1-2H2. The minimum absolute atomic E-state index is 0.470. The van der Waals surface area contributed by atoms with E-state index in [0.717, 1.165) is 29.6 Å². The SMILES string of the molecule is C=C.C=CC.C=CC1CCC2C3CCC4CCCCC4(C)C3C(=C)CC12C.CCC. The van der Waals surface area contributed by atoms with Crippen LogP contribution in [0.4, 0.5) is 0 Å². The lowest BCUT2D eigenvalue weighted by Crippen LogP contribution is -2.53. The summed E-state index contributed by atoms with van der Waals surface area (Å²) in [6.07, 6.45) is 18.2. The lowest BCUT2D eigenvalue weighted by Gasteiger charge is -2.61. The summed E-state index contributed by atoms with van der Waals surface area (Å²) in [4.78, 5) is 0. The fourth-order valence-electron chi connectivity index (χ4n) is 7.81. The molecule has 30 heavy (non-hydrogen) atoms. The van der Waals surface area contributed by atoms with Gasteiger partial charge in [-0.3, -0.25) is 0 Å². The van der Waals surface area contributed by atoms with E-state index in [1.165, 1.54) is 64.2 Å². The number of allylic oxidation sites excluding steroid dienone is 3. The molecule has 0 N–H and O–H groups in total. The molecule has 0 aromatic rings. The van der Waals surface area contributed by atoms with Gasteiger partial charge in [0.1, 0.15) is 0 Å². The molecule has 0 saturated heterocycles. The first-order valence-electron chi connectivity index (χ1n) is 12.7. The van der Waals surface area contributed by atoms with Gasteiger partial charge in [-0.2, -0.15) is 0 Å². The van der Waals surface area contributed by atoms with Gasteiger partial charge in [-0.1, -0.05) is 71.3 Å². The van der Waals surface area contributed by atoms with Gasteiger partial charge in [-0.05, 0) is 92.3 Å². The van der Waals surface area contributed by atoms with Crippen molar-refractivity contribution in [2.75, 3.05) is 0 Å². The molecule has 172 valence electrons. The van der Waals surface area contributed by atoms with E-state index in [2.05, 4.69) is 66.7 Å². The van der Waals surface area contributed by atoms with Gasteiger partial charge in [0, 0.05) is 0 Å². The van der Waals surface area contributed by atoms with Crippen LogP contribution in [0.1, 0.15) is 98.8 Å². The van der Waals surface area contributed by atoms with Gasteiger partial charge in [0.25, 0.3) is 0 Å². The quantitative estimate of drug-likeness (QED) is 0.376. The topological polar surface area (TPSA) is 0 Å². The Hall–Kier alpha value is -1.04. The van der Waals surface area contributed by atoms with E-state index in [9.17, 15) is 0 Å². The van der Waals surface area contributed by atoms with Crippen molar-refractivity contribution in [2.24, 2.45) is 40.4 Å². The van der Waals surface area contributed by atoms with Crippen molar-refractivity contribution in [1.29, 1.82) is 0 Å². The van der Waals surface area contributed by atoms with Gasteiger partial charge in [0.2, 0.25) is 0 Å². The Morgan fingerprint density at radius 1 is 0.933 bits per heavy atom. The summed E-state index contributed by atoms with van der Waals surface area (Å²) in [6, 6.07) is 0. The molecule has 0 heterocycles. The van der Waals surface area contributed by atoms with Gasteiger partial charge in [-0.25, -0.2) is 0 Å². The highest BCUT2D eigenvalue weighted by Crippen LogP contribution is 2.68. The first-order chi connectivity index (χ1) is 14.3. The molecule has 0 aromatic carbocycles. The molecule has 0 bridgehead atoms. The minimum Gasteiger partial charge on any atom is -0.106 e. The van der Waals surface area contributed by atoms with Crippen LogP contribution in [0.15, 0.2) is 50.6 Å². The maximum Gasteiger partial charge on any atom is -0.0118 e. The monoisotopic (exact) mass is 412 g/mol. The fourth-order valence-corrected chi connectivity index (χ4v) is 7.81. The van der Waals surface area contributed by atoms with Crippen LogP contribution in [0, 0.1) is 40.4 Å². The Morgan fingerprint density at radius 2 is 1.53 bits per heavy atom. The molecule has 0 radical (unpaired) electrons. The first-order valence-corrected chi connectivity index (χ1v) is 12.7. The second kappa shape index (κ2) is 12.1. The van der Waals surface area contributed by atoms with Crippen molar-refractivity contribution in [3.05, 3.63) is 50.6 Å². The summed E-state index contributed by atoms with van der Waals surface area (Å²) >= 11 is 0. The smallest absolute Gasteiger partial charge is 0.0118 e. The van der Waals surface area contributed by atoms with E-state index >= 15 is 0 Å². The van der Waals surface area contributed by atoms with Crippen molar-refractivity contribution in [3.63, 3.8) is 0 Å². The van der Waals surface area contributed by atoms with Crippen molar-refractivity contribution >= 4 is 0 Å². The zero-order chi connectivity index (χ0) is 22.9. The van der Waals surface area contributed by atoms with Gasteiger partial charge in [0.15, 0.2) is 0 Å². The van der Waals surface area contributed by atoms with E-state index in [-0.39, 0.29) is 0 Å². The predicted molar refractivity (Wildman–Crippen MR) is 138 cm³/mol. The maximum atomic E-state index is 4.67. The fraction of sp³-hybridized carbons (Fsp3) is 0.733. The average Bonchev–Trinajstić information content (AvgIpc) is 3.05. The molecule has 0 aliphatic heterocycles. The highest BCUT2D eigenvalue weighted by molar-refractivity contribution is 5.23. The molecule has 4 rings (SSSR count). The molecule has 0 nitrogen and oxygen atoms in total. The van der Waals surface area contributed by atoms with Gasteiger partial charge in [0.05, 0.1) is 0 Å². The summed E-state index contributed by atoms with van der Waals surface area (Å²) in [5, 5.41) is 0. The van der Waals surface area contributed by atoms with Gasteiger partial charge >= 0.3 is 0 Å². The third-order valence-electron chi connectivity index (χ3n) is 8.77. The molecule has 0 heteroatoms. The van der Waals surface area contributed by atoms with Crippen molar-refractivity contribution in [3.8, 4) is 0 Å². The third-order valence-corrected chi connectivity index (χ3v) is 8.77. The van der Waals surface area contributed by atoms with E-state index in [4.69, 9.17) is 0 Å². The molecular formula is C30H52.